The minimum absolute atomic E-state index is 0.194. The second-order valence-electron chi connectivity index (χ2n) is 4.91. The molecule has 1 saturated carbocycles. The molecule has 0 bridgehead atoms. The van der Waals surface area contributed by atoms with E-state index in [1.165, 1.54) is 18.5 Å². The van der Waals surface area contributed by atoms with E-state index in [0.717, 1.165) is 24.1 Å². The zero-order valence-electron chi connectivity index (χ0n) is 9.29. The van der Waals surface area contributed by atoms with Crippen molar-refractivity contribution in [1.29, 1.82) is 0 Å². The smallest absolute Gasteiger partial charge is 0.169 e. The van der Waals surface area contributed by atoms with Crippen molar-refractivity contribution in [3.8, 4) is 0 Å². The molecule has 1 heterocycles. The summed E-state index contributed by atoms with van der Waals surface area (Å²) >= 11 is 0. The van der Waals surface area contributed by atoms with Crippen molar-refractivity contribution in [2.45, 2.75) is 38.5 Å². The number of carbonyl (C=O) groups excluding carboxylic acids is 1. The molecule has 0 spiro atoms. The van der Waals surface area contributed by atoms with Gasteiger partial charge in [-0.05, 0) is 25.7 Å². The van der Waals surface area contributed by atoms with Crippen LogP contribution in [0.15, 0.2) is 0 Å². The summed E-state index contributed by atoms with van der Waals surface area (Å²) in [5, 5.41) is 4.49. The van der Waals surface area contributed by atoms with Crippen LogP contribution in [0.25, 0.3) is 0 Å². The van der Waals surface area contributed by atoms with Gasteiger partial charge < -0.3 is 0 Å². The number of nitrogens with zero attached hydrogens (tertiary/aromatic N) is 2. The van der Waals surface area contributed by atoms with Crippen LogP contribution in [0.1, 0.15) is 53.8 Å². The van der Waals surface area contributed by atoms with E-state index in [2.05, 4.69) is 5.10 Å². The van der Waals surface area contributed by atoms with E-state index < -0.39 is 0 Å². The highest BCUT2D eigenvalue weighted by Gasteiger charge is 2.37. The molecule has 0 radical (unpaired) electrons. The summed E-state index contributed by atoms with van der Waals surface area (Å²) in [6.45, 7) is 2.04. The second-order valence-corrected chi connectivity index (χ2v) is 4.91. The number of aromatic nitrogens is 2. The summed E-state index contributed by atoms with van der Waals surface area (Å²) in [4.78, 5) is 12.1. The van der Waals surface area contributed by atoms with Crippen molar-refractivity contribution >= 4 is 5.78 Å². The Labute approximate surface area is 89.5 Å². The van der Waals surface area contributed by atoms with Gasteiger partial charge in [0, 0.05) is 18.9 Å². The molecule has 0 aromatic carbocycles. The Morgan fingerprint density at radius 3 is 2.73 bits per heavy atom. The summed E-state index contributed by atoms with van der Waals surface area (Å²) in [5.41, 5.74) is 3.22. The fourth-order valence-corrected chi connectivity index (χ4v) is 2.59. The topological polar surface area (TPSA) is 34.9 Å². The number of aryl methyl sites for hydroxylation is 2. The lowest BCUT2D eigenvalue weighted by Crippen LogP contribution is -2.20. The summed E-state index contributed by atoms with van der Waals surface area (Å²) < 4.78 is 1.94. The number of Topliss-reactive ketones (excluding diaryl/α,β-unsaturated/α-hetero) is 1. The second kappa shape index (κ2) is 2.94. The first kappa shape index (κ1) is 9.13. The Bertz CT molecular complexity index is 429. The lowest BCUT2D eigenvalue weighted by Gasteiger charge is -2.16. The van der Waals surface area contributed by atoms with Gasteiger partial charge in [0.15, 0.2) is 5.78 Å². The van der Waals surface area contributed by atoms with Crippen LogP contribution >= 0.6 is 0 Å². The van der Waals surface area contributed by atoms with Gasteiger partial charge in [0.2, 0.25) is 0 Å². The SMILES string of the molecule is CC1CCc2nn(C)c(C3CC3)c2C1=O. The molecule has 0 N–H and O–H groups in total. The van der Waals surface area contributed by atoms with Crippen molar-refractivity contribution < 1.29 is 4.79 Å². The molecule has 2 aliphatic rings. The fourth-order valence-electron chi connectivity index (χ4n) is 2.59. The maximum absolute atomic E-state index is 12.1. The maximum atomic E-state index is 12.1. The van der Waals surface area contributed by atoms with Crippen LogP contribution in [0, 0.1) is 5.92 Å². The van der Waals surface area contributed by atoms with Gasteiger partial charge in [-0.1, -0.05) is 6.92 Å². The van der Waals surface area contributed by atoms with Crippen molar-refractivity contribution in [3.63, 3.8) is 0 Å². The van der Waals surface area contributed by atoms with Crippen LogP contribution in [-0.4, -0.2) is 15.6 Å². The van der Waals surface area contributed by atoms with E-state index in [0.29, 0.717) is 11.7 Å². The molecular formula is C12H16N2O. The molecule has 15 heavy (non-hydrogen) atoms. The minimum atomic E-state index is 0.194. The van der Waals surface area contributed by atoms with Gasteiger partial charge in [-0.25, -0.2) is 0 Å². The van der Waals surface area contributed by atoms with E-state index >= 15 is 0 Å². The number of hydrogen-bond acceptors (Lipinski definition) is 2. The molecule has 1 aromatic heterocycles. The number of fused-ring (bicyclic) bond motifs is 1. The molecule has 1 atom stereocenters. The van der Waals surface area contributed by atoms with E-state index in [1.54, 1.807) is 0 Å². The van der Waals surface area contributed by atoms with Crippen LogP contribution in [0.5, 0.6) is 0 Å². The van der Waals surface area contributed by atoms with E-state index in [-0.39, 0.29) is 5.92 Å². The van der Waals surface area contributed by atoms with Crippen LogP contribution in [0.3, 0.4) is 0 Å². The third-order valence-electron chi connectivity index (χ3n) is 3.64. The van der Waals surface area contributed by atoms with Crippen molar-refractivity contribution in [3.05, 3.63) is 17.0 Å². The van der Waals surface area contributed by atoms with Gasteiger partial charge in [0.25, 0.3) is 0 Å². The zero-order valence-corrected chi connectivity index (χ0v) is 9.29. The molecule has 0 aliphatic heterocycles. The Morgan fingerprint density at radius 2 is 2.07 bits per heavy atom. The van der Waals surface area contributed by atoms with E-state index in [1.807, 2.05) is 18.7 Å². The van der Waals surface area contributed by atoms with Gasteiger partial charge in [-0.2, -0.15) is 5.10 Å². The summed E-state index contributed by atoms with van der Waals surface area (Å²) in [6.07, 6.45) is 4.40. The van der Waals surface area contributed by atoms with E-state index in [4.69, 9.17) is 0 Å². The summed E-state index contributed by atoms with van der Waals surface area (Å²) in [7, 11) is 1.98. The molecular weight excluding hydrogens is 188 g/mol. The van der Waals surface area contributed by atoms with Gasteiger partial charge in [-0.15, -0.1) is 0 Å². The number of rotatable bonds is 1. The molecule has 3 nitrogen and oxygen atoms in total. The van der Waals surface area contributed by atoms with Crippen LogP contribution in [-0.2, 0) is 13.5 Å². The lowest BCUT2D eigenvalue weighted by atomic mass is 9.86. The van der Waals surface area contributed by atoms with Crippen LogP contribution < -0.4 is 0 Å². The predicted octanol–water partition coefficient (Wildman–Crippen LogP) is 2.06. The highest BCUT2D eigenvalue weighted by Crippen LogP contribution is 2.43. The number of hydrogen-bond donors (Lipinski definition) is 0. The first-order valence-electron chi connectivity index (χ1n) is 5.78. The average Bonchev–Trinajstić information content (AvgIpc) is 2.97. The van der Waals surface area contributed by atoms with Gasteiger partial charge in [0.05, 0.1) is 17.0 Å². The van der Waals surface area contributed by atoms with Crippen molar-refractivity contribution in [2.75, 3.05) is 0 Å². The molecule has 0 saturated heterocycles. The van der Waals surface area contributed by atoms with Crippen molar-refractivity contribution in [1.82, 2.24) is 9.78 Å². The monoisotopic (exact) mass is 204 g/mol. The highest BCUT2D eigenvalue weighted by molar-refractivity contribution is 6.01. The van der Waals surface area contributed by atoms with Crippen LogP contribution in [0.4, 0.5) is 0 Å². The Morgan fingerprint density at radius 1 is 1.33 bits per heavy atom. The largest absolute Gasteiger partial charge is 0.294 e. The molecule has 2 aliphatic carbocycles. The van der Waals surface area contributed by atoms with Crippen molar-refractivity contribution in [2.24, 2.45) is 13.0 Å². The van der Waals surface area contributed by atoms with E-state index in [9.17, 15) is 4.79 Å². The predicted molar refractivity (Wildman–Crippen MR) is 57.0 cm³/mol. The summed E-state index contributed by atoms with van der Waals surface area (Å²) in [6, 6.07) is 0. The fraction of sp³-hybridized carbons (Fsp3) is 0.667. The average molecular weight is 204 g/mol. The first-order valence-corrected chi connectivity index (χ1v) is 5.78. The number of carbonyl (C=O) groups is 1. The Hall–Kier alpha value is -1.12. The number of ketones is 1. The zero-order chi connectivity index (χ0) is 10.6. The molecule has 3 rings (SSSR count). The van der Waals surface area contributed by atoms with Gasteiger partial charge in [0.1, 0.15) is 0 Å². The van der Waals surface area contributed by atoms with Gasteiger partial charge in [-0.3, -0.25) is 9.48 Å². The quantitative estimate of drug-likeness (QED) is 0.701. The molecule has 1 fully saturated rings. The normalized spacial score (nSPS) is 25.5. The lowest BCUT2D eigenvalue weighted by molar-refractivity contribution is 0.0912. The van der Waals surface area contributed by atoms with Crippen LogP contribution in [0.2, 0.25) is 0 Å². The summed E-state index contributed by atoms with van der Waals surface area (Å²) in [5.74, 6) is 1.13. The minimum Gasteiger partial charge on any atom is -0.294 e. The standard InChI is InChI=1S/C12H16N2O/c1-7-3-6-9-10(12(7)15)11(8-4-5-8)14(2)13-9/h7-8H,3-6H2,1-2H3. The molecule has 1 aromatic rings. The molecule has 1 unspecified atom stereocenters. The maximum Gasteiger partial charge on any atom is 0.169 e. The first-order chi connectivity index (χ1) is 7.18. The highest BCUT2D eigenvalue weighted by atomic mass is 16.1. The van der Waals surface area contributed by atoms with Gasteiger partial charge >= 0.3 is 0 Å². The molecule has 80 valence electrons. The Balaban J connectivity index is 2.15. The molecule has 0 amide bonds. The third-order valence-corrected chi connectivity index (χ3v) is 3.64. The molecule has 3 heteroatoms. The Kier molecular flexibility index (Phi) is 1.79. The third kappa shape index (κ3) is 1.25.